The summed E-state index contributed by atoms with van der Waals surface area (Å²) in [6.07, 6.45) is 49.1. The summed E-state index contributed by atoms with van der Waals surface area (Å²) in [4.78, 5) is 0. The third kappa shape index (κ3) is 19.4. The molecule has 0 bridgehead atoms. The van der Waals surface area contributed by atoms with Gasteiger partial charge in [-0.3, -0.25) is 0 Å². The van der Waals surface area contributed by atoms with E-state index in [1.807, 2.05) is 0 Å². The molecule has 2 aliphatic heterocycles. The summed E-state index contributed by atoms with van der Waals surface area (Å²) in [5.41, 5.74) is 10.6. The Morgan fingerprint density at radius 2 is 0.589 bits per heavy atom. The van der Waals surface area contributed by atoms with E-state index in [0.717, 1.165) is 78.5 Å². The van der Waals surface area contributed by atoms with Gasteiger partial charge in [-0.15, -0.1) is 0 Å². The molecule has 2 aliphatic rings. The Balaban J connectivity index is 1.09. The van der Waals surface area contributed by atoms with Crippen molar-refractivity contribution in [2.45, 2.75) is 272 Å². The lowest BCUT2D eigenvalue weighted by Crippen LogP contribution is -2.38. The van der Waals surface area contributed by atoms with Crippen molar-refractivity contribution in [3.05, 3.63) is 54.6 Å². The first kappa shape index (κ1) is 59.1. The van der Waals surface area contributed by atoms with Crippen molar-refractivity contribution in [2.24, 2.45) is 0 Å². The van der Waals surface area contributed by atoms with Crippen LogP contribution in [-0.2, 0) is 33.8 Å². The second-order valence-corrected chi connectivity index (χ2v) is 22.3. The summed E-state index contributed by atoms with van der Waals surface area (Å²) >= 11 is 0. The summed E-state index contributed by atoms with van der Waals surface area (Å²) in [7, 11) is 0. The molecule has 6 rings (SSSR count). The molecule has 0 amide bonds. The van der Waals surface area contributed by atoms with Crippen molar-refractivity contribution in [3.8, 4) is 11.1 Å². The third-order valence-electron chi connectivity index (χ3n) is 16.4. The average Bonchev–Trinajstić information content (AvgIpc) is 3.41. The minimum atomic E-state index is 0.718. The van der Waals surface area contributed by atoms with E-state index >= 15 is 0 Å². The molecule has 0 atom stereocenters. The number of nitrogens with zero attached hydrogens (tertiary/aromatic N) is 3. The first-order valence-corrected chi connectivity index (χ1v) is 31.6. The van der Waals surface area contributed by atoms with E-state index in [1.54, 1.807) is 0 Å². The number of pyridine rings is 3. The van der Waals surface area contributed by atoms with Gasteiger partial charge < -0.3 is 23.3 Å². The van der Waals surface area contributed by atoms with E-state index in [9.17, 15) is 0 Å². The Morgan fingerprint density at radius 1 is 0.301 bits per heavy atom. The Hall–Kier alpha value is -3.19. The van der Waals surface area contributed by atoms with Crippen LogP contribution in [-0.4, -0.2) is 48.8 Å². The van der Waals surface area contributed by atoms with Crippen molar-refractivity contribution in [2.75, 3.05) is 39.6 Å². The predicted octanol–water partition coefficient (Wildman–Crippen LogP) is 19.9. The Morgan fingerprint density at radius 3 is 0.932 bits per heavy atom. The van der Waals surface area contributed by atoms with Gasteiger partial charge in [0.25, 0.3) is 0 Å². The lowest BCUT2D eigenvalue weighted by atomic mass is 9.89. The fourth-order valence-electron chi connectivity index (χ4n) is 12.1. The Bertz CT molecular complexity index is 2120. The Kier molecular flexibility index (Phi) is 29.7. The molecule has 3 aromatic carbocycles. The number of ether oxygens (including phenoxy) is 3. The molecule has 0 fully saturated rings. The molecule has 0 N–H and O–H groups in total. The van der Waals surface area contributed by atoms with E-state index in [-0.39, 0.29) is 0 Å². The molecule has 0 saturated carbocycles. The number of hydrogen-bond donors (Lipinski definition) is 0. The fourth-order valence-corrected chi connectivity index (χ4v) is 12.1. The molecule has 0 aliphatic carbocycles. The van der Waals surface area contributed by atoms with E-state index in [1.165, 1.54) is 267 Å². The van der Waals surface area contributed by atoms with Gasteiger partial charge in [0.15, 0.2) is 6.54 Å². The summed E-state index contributed by atoms with van der Waals surface area (Å²) in [6, 6.07) is 21.0. The van der Waals surface area contributed by atoms with Crippen LogP contribution in [0, 0.1) is 0 Å². The van der Waals surface area contributed by atoms with E-state index < -0.39 is 0 Å². The second kappa shape index (κ2) is 36.7. The SMILES string of the molecule is CCCCCCCCCCCCCCOCCn1c2cccc3c2-c2c4c1cccc4[n+](CCOCCCCCCCCCCCCCC)c1cccc(c21)n3CCOCCCCCCCCCCCCCC. The molecule has 6 nitrogen and oxygen atoms in total. The van der Waals surface area contributed by atoms with Gasteiger partial charge >= 0.3 is 0 Å². The molecule has 73 heavy (non-hydrogen) atoms. The van der Waals surface area contributed by atoms with Gasteiger partial charge in [-0.1, -0.05) is 251 Å². The quantitative estimate of drug-likeness (QED) is 0.0166. The maximum Gasteiger partial charge on any atom is 0.215 e. The highest BCUT2D eigenvalue weighted by atomic mass is 16.5. The summed E-state index contributed by atoms with van der Waals surface area (Å²) < 4.78 is 27.1. The zero-order valence-corrected chi connectivity index (χ0v) is 47.6. The van der Waals surface area contributed by atoms with E-state index in [4.69, 9.17) is 14.2 Å². The normalized spacial score (nSPS) is 12.2. The summed E-state index contributed by atoms with van der Waals surface area (Å²) in [6.45, 7) is 14.1. The first-order valence-electron chi connectivity index (χ1n) is 31.6. The van der Waals surface area contributed by atoms with Crippen LogP contribution in [0.5, 0.6) is 0 Å². The van der Waals surface area contributed by atoms with Gasteiger partial charge in [0.05, 0.1) is 46.1 Å². The number of hydrogen-bond acceptors (Lipinski definition) is 3. The molecule has 0 radical (unpaired) electrons. The highest BCUT2D eigenvalue weighted by molar-refractivity contribution is 6.24. The largest absolute Gasteiger partial charge is 0.380 e. The van der Waals surface area contributed by atoms with Crippen LogP contribution in [0.1, 0.15) is 252 Å². The van der Waals surface area contributed by atoms with Crippen LogP contribution in [0.2, 0.25) is 0 Å². The van der Waals surface area contributed by atoms with Crippen molar-refractivity contribution >= 4 is 43.9 Å². The van der Waals surface area contributed by atoms with Crippen LogP contribution >= 0.6 is 0 Å². The van der Waals surface area contributed by atoms with Gasteiger partial charge in [-0.25, -0.2) is 0 Å². The van der Waals surface area contributed by atoms with Crippen molar-refractivity contribution in [3.63, 3.8) is 0 Å². The maximum absolute atomic E-state index is 6.47. The van der Waals surface area contributed by atoms with E-state index in [0.29, 0.717) is 0 Å². The topological polar surface area (TPSA) is 41.4 Å². The zero-order valence-electron chi connectivity index (χ0n) is 47.6. The molecule has 1 aromatic heterocycles. The highest BCUT2D eigenvalue weighted by Gasteiger charge is 2.31. The molecular weight excluding hydrogens is 895 g/mol. The molecule has 0 saturated heterocycles. The van der Waals surface area contributed by atoms with Crippen molar-refractivity contribution in [1.29, 1.82) is 0 Å². The highest BCUT2D eigenvalue weighted by Crippen LogP contribution is 2.47. The van der Waals surface area contributed by atoms with Crippen LogP contribution in [0.3, 0.4) is 0 Å². The first-order chi connectivity index (χ1) is 36.3. The molecule has 0 unspecified atom stereocenters. The summed E-state index contributed by atoms with van der Waals surface area (Å²) in [5.74, 6) is 0. The average molecular weight is 1000 g/mol. The van der Waals surface area contributed by atoms with Crippen LogP contribution in [0.15, 0.2) is 54.6 Å². The van der Waals surface area contributed by atoms with Gasteiger partial charge in [-0.05, 0) is 43.5 Å². The molecule has 408 valence electrons. The van der Waals surface area contributed by atoms with Crippen molar-refractivity contribution in [1.82, 2.24) is 9.13 Å². The minimum absolute atomic E-state index is 0.718. The number of unbranched alkanes of at least 4 members (excludes halogenated alkanes) is 33. The molecule has 6 heteroatoms. The molecular formula is C67H108N3O3+. The fraction of sp³-hybridized carbons (Fsp3) is 0.716. The second-order valence-electron chi connectivity index (χ2n) is 22.3. The lowest BCUT2D eigenvalue weighted by molar-refractivity contribution is -0.647. The summed E-state index contributed by atoms with van der Waals surface area (Å²) in [5, 5.41) is 2.74. The van der Waals surface area contributed by atoms with E-state index in [2.05, 4.69) is 89.1 Å². The monoisotopic (exact) mass is 1000 g/mol. The van der Waals surface area contributed by atoms with Gasteiger partial charge in [0.1, 0.15) is 6.61 Å². The Labute approximate surface area is 446 Å². The van der Waals surface area contributed by atoms with Crippen LogP contribution in [0.25, 0.3) is 55.0 Å². The third-order valence-corrected chi connectivity index (χ3v) is 16.4. The van der Waals surface area contributed by atoms with Crippen molar-refractivity contribution < 1.29 is 18.8 Å². The zero-order chi connectivity index (χ0) is 50.8. The predicted molar refractivity (Wildman–Crippen MR) is 316 cm³/mol. The van der Waals surface area contributed by atoms with Crippen LogP contribution < -0.4 is 4.57 Å². The lowest BCUT2D eigenvalue weighted by Gasteiger charge is -2.28. The number of aromatic nitrogens is 3. The van der Waals surface area contributed by atoms with Gasteiger partial charge in [0.2, 0.25) is 11.0 Å². The number of benzene rings is 3. The van der Waals surface area contributed by atoms with Crippen LogP contribution in [0.4, 0.5) is 0 Å². The standard InChI is InChI=1S/C67H108N3O3/c1-4-7-10-13-16-19-22-25-28-31-34-37-52-71-55-49-68-58-43-40-45-60-64(58)67-65-59(68)44-41-46-61(65)70(51-57-73-54-39-36-33-30-27-24-21-18-15-12-9-6-3)63-48-42-47-62(66(63)67)69(60)50-56-72-53-38-35-32-29-26-23-20-17-14-11-8-5-2/h40-48H,4-39,49-57H2,1-3H3/q+1. The minimum Gasteiger partial charge on any atom is -0.380 e. The molecule has 3 heterocycles. The maximum atomic E-state index is 6.47. The molecule has 0 spiro atoms. The smallest absolute Gasteiger partial charge is 0.215 e. The van der Waals surface area contributed by atoms with Gasteiger partial charge in [0, 0.05) is 56.2 Å². The van der Waals surface area contributed by atoms with Gasteiger partial charge in [-0.2, -0.15) is 4.57 Å². The molecule has 4 aromatic rings. The number of rotatable bonds is 48.